The second-order valence-corrected chi connectivity index (χ2v) is 6.21. The van der Waals surface area contributed by atoms with Gasteiger partial charge in [0.15, 0.2) is 0 Å². The normalized spacial score (nSPS) is 12.8. The summed E-state index contributed by atoms with van der Waals surface area (Å²) in [7, 11) is 0. The van der Waals surface area contributed by atoms with Crippen LogP contribution in [-0.4, -0.2) is 37.5 Å². The minimum Gasteiger partial charge on any atom is -0.389 e. The van der Waals surface area contributed by atoms with Crippen LogP contribution in [0.1, 0.15) is 37.8 Å². The van der Waals surface area contributed by atoms with Crippen LogP contribution in [0.4, 0.5) is 0 Å². The lowest BCUT2D eigenvalue weighted by Gasteiger charge is -2.13. The van der Waals surface area contributed by atoms with Crippen LogP contribution < -0.4 is 5.32 Å². The summed E-state index contributed by atoms with van der Waals surface area (Å²) in [4.78, 5) is 0. The van der Waals surface area contributed by atoms with E-state index in [9.17, 15) is 5.11 Å². The Labute approximate surface area is 129 Å². The molecule has 0 aliphatic carbocycles. The third kappa shape index (κ3) is 9.62. The van der Waals surface area contributed by atoms with Crippen molar-refractivity contribution in [1.82, 2.24) is 5.32 Å². The molecule has 3 heteroatoms. The standard InChI is InChI=1S/C18H31NO2/c1-15(2)6-5-11-21-14-18(20)13-19-10-9-17-8-4-7-16(3)12-17/h4,7-8,12,15,18-20H,5-6,9-11,13-14H2,1-3H3. The van der Waals surface area contributed by atoms with Crippen LogP contribution in [-0.2, 0) is 11.2 Å². The number of aliphatic hydroxyl groups is 1. The van der Waals surface area contributed by atoms with Crippen molar-refractivity contribution in [2.24, 2.45) is 5.92 Å². The second kappa shape index (κ2) is 10.8. The molecule has 21 heavy (non-hydrogen) atoms. The zero-order valence-corrected chi connectivity index (χ0v) is 13.8. The summed E-state index contributed by atoms with van der Waals surface area (Å²) in [6, 6.07) is 8.54. The van der Waals surface area contributed by atoms with E-state index in [0.29, 0.717) is 13.2 Å². The summed E-state index contributed by atoms with van der Waals surface area (Å²) >= 11 is 0. The summed E-state index contributed by atoms with van der Waals surface area (Å²) in [6.07, 6.45) is 2.83. The van der Waals surface area contributed by atoms with Gasteiger partial charge in [0.25, 0.3) is 0 Å². The number of hydrogen-bond donors (Lipinski definition) is 2. The monoisotopic (exact) mass is 293 g/mol. The minimum absolute atomic E-state index is 0.415. The Kier molecular flexibility index (Phi) is 9.31. The molecule has 0 aliphatic rings. The molecule has 0 radical (unpaired) electrons. The maximum Gasteiger partial charge on any atom is 0.0897 e. The number of rotatable bonds is 11. The van der Waals surface area contributed by atoms with Crippen LogP contribution in [0.25, 0.3) is 0 Å². The fraction of sp³-hybridized carbons (Fsp3) is 0.667. The van der Waals surface area contributed by atoms with E-state index in [-0.39, 0.29) is 0 Å². The molecule has 0 saturated heterocycles. The van der Waals surface area contributed by atoms with Gasteiger partial charge in [-0.15, -0.1) is 0 Å². The molecule has 0 bridgehead atoms. The summed E-state index contributed by atoms with van der Waals surface area (Å²) in [6.45, 7) is 9.19. The molecular formula is C18H31NO2. The Hall–Kier alpha value is -0.900. The number of benzene rings is 1. The lowest BCUT2D eigenvalue weighted by molar-refractivity contribution is 0.0349. The number of hydrogen-bond acceptors (Lipinski definition) is 3. The molecule has 0 saturated carbocycles. The van der Waals surface area contributed by atoms with Gasteiger partial charge in [0.2, 0.25) is 0 Å². The molecule has 0 fully saturated rings. The summed E-state index contributed by atoms with van der Waals surface area (Å²) in [5.74, 6) is 0.724. The quantitative estimate of drug-likeness (QED) is 0.616. The van der Waals surface area contributed by atoms with Gasteiger partial charge in [-0.05, 0) is 44.2 Å². The molecular weight excluding hydrogens is 262 g/mol. The molecule has 0 heterocycles. The van der Waals surface area contributed by atoms with Crippen molar-refractivity contribution >= 4 is 0 Å². The lowest BCUT2D eigenvalue weighted by atomic mass is 10.1. The number of aliphatic hydroxyl groups excluding tert-OH is 1. The second-order valence-electron chi connectivity index (χ2n) is 6.21. The van der Waals surface area contributed by atoms with Crippen molar-refractivity contribution in [3.8, 4) is 0 Å². The number of nitrogens with one attached hydrogen (secondary N) is 1. The third-order valence-corrected chi connectivity index (χ3v) is 3.43. The van der Waals surface area contributed by atoms with E-state index in [4.69, 9.17) is 4.74 Å². The van der Waals surface area contributed by atoms with Gasteiger partial charge in [0, 0.05) is 13.2 Å². The van der Waals surface area contributed by atoms with Crippen molar-refractivity contribution in [2.45, 2.75) is 46.1 Å². The Bertz CT molecular complexity index is 379. The summed E-state index contributed by atoms with van der Waals surface area (Å²) in [5, 5.41) is 13.1. The van der Waals surface area contributed by atoms with Gasteiger partial charge >= 0.3 is 0 Å². The van der Waals surface area contributed by atoms with Crippen molar-refractivity contribution in [3.05, 3.63) is 35.4 Å². The third-order valence-electron chi connectivity index (χ3n) is 3.43. The average molecular weight is 293 g/mol. The predicted molar refractivity (Wildman–Crippen MR) is 88.7 cm³/mol. The lowest BCUT2D eigenvalue weighted by Crippen LogP contribution is -2.31. The highest BCUT2D eigenvalue weighted by molar-refractivity contribution is 5.22. The van der Waals surface area contributed by atoms with Gasteiger partial charge in [-0.25, -0.2) is 0 Å². The van der Waals surface area contributed by atoms with E-state index in [1.807, 2.05) is 0 Å². The van der Waals surface area contributed by atoms with Crippen LogP contribution in [0.2, 0.25) is 0 Å². The molecule has 0 amide bonds. The first-order valence-electron chi connectivity index (χ1n) is 8.10. The predicted octanol–water partition coefficient (Wildman–Crippen LogP) is 2.94. The van der Waals surface area contributed by atoms with E-state index in [0.717, 1.165) is 31.9 Å². The summed E-state index contributed by atoms with van der Waals surface area (Å²) in [5.41, 5.74) is 2.63. The molecule has 0 aliphatic heterocycles. The van der Waals surface area contributed by atoms with E-state index < -0.39 is 6.10 Å². The summed E-state index contributed by atoms with van der Waals surface area (Å²) < 4.78 is 5.49. The highest BCUT2D eigenvalue weighted by Gasteiger charge is 2.04. The van der Waals surface area contributed by atoms with E-state index in [2.05, 4.69) is 50.4 Å². The molecule has 1 aromatic rings. The maximum atomic E-state index is 9.81. The first-order valence-corrected chi connectivity index (χ1v) is 8.10. The Morgan fingerprint density at radius 3 is 2.81 bits per heavy atom. The first-order chi connectivity index (χ1) is 10.1. The van der Waals surface area contributed by atoms with Crippen LogP contribution in [0.15, 0.2) is 24.3 Å². The van der Waals surface area contributed by atoms with Gasteiger partial charge in [-0.3, -0.25) is 0 Å². The van der Waals surface area contributed by atoms with Gasteiger partial charge in [0.05, 0.1) is 12.7 Å². The fourth-order valence-electron chi connectivity index (χ4n) is 2.24. The molecule has 0 aromatic heterocycles. The van der Waals surface area contributed by atoms with Crippen molar-refractivity contribution < 1.29 is 9.84 Å². The zero-order valence-electron chi connectivity index (χ0n) is 13.8. The number of ether oxygens (including phenoxy) is 1. The molecule has 2 N–H and O–H groups in total. The van der Waals surface area contributed by atoms with Crippen LogP contribution in [0.5, 0.6) is 0 Å². The van der Waals surface area contributed by atoms with Crippen LogP contribution in [0.3, 0.4) is 0 Å². The topological polar surface area (TPSA) is 41.5 Å². The molecule has 3 nitrogen and oxygen atoms in total. The van der Waals surface area contributed by atoms with E-state index >= 15 is 0 Å². The van der Waals surface area contributed by atoms with Gasteiger partial charge in [-0.1, -0.05) is 43.7 Å². The Morgan fingerprint density at radius 1 is 1.29 bits per heavy atom. The van der Waals surface area contributed by atoms with E-state index in [1.165, 1.54) is 17.5 Å². The molecule has 0 spiro atoms. The Morgan fingerprint density at radius 2 is 2.10 bits per heavy atom. The largest absolute Gasteiger partial charge is 0.389 e. The van der Waals surface area contributed by atoms with Crippen molar-refractivity contribution in [3.63, 3.8) is 0 Å². The van der Waals surface area contributed by atoms with Gasteiger partial charge in [-0.2, -0.15) is 0 Å². The average Bonchev–Trinajstić information content (AvgIpc) is 2.43. The van der Waals surface area contributed by atoms with Crippen molar-refractivity contribution in [2.75, 3.05) is 26.3 Å². The minimum atomic E-state index is -0.415. The highest BCUT2D eigenvalue weighted by atomic mass is 16.5. The molecule has 1 unspecified atom stereocenters. The van der Waals surface area contributed by atoms with Crippen LogP contribution >= 0.6 is 0 Å². The SMILES string of the molecule is Cc1cccc(CCNCC(O)COCCCC(C)C)c1. The van der Waals surface area contributed by atoms with Crippen molar-refractivity contribution in [1.29, 1.82) is 0 Å². The van der Waals surface area contributed by atoms with Crippen LogP contribution in [0, 0.1) is 12.8 Å². The zero-order chi connectivity index (χ0) is 15.5. The first kappa shape index (κ1) is 18.1. The number of aryl methyl sites for hydroxylation is 1. The molecule has 1 atom stereocenters. The molecule has 1 aromatic carbocycles. The smallest absolute Gasteiger partial charge is 0.0897 e. The Balaban J connectivity index is 1.99. The molecule has 120 valence electrons. The highest BCUT2D eigenvalue weighted by Crippen LogP contribution is 2.04. The van der Waals surface area contributed by atoms with Gasteiger partial charge in [0.1, 0.15) is 0 Å². The van der Waals surface area contributed by atoms with E-state index in [1.54, 1.807) is 0 Å². The fourth-order valence-corrected chi connectivity index (χ4v) is 2.24. The molecule has 1 rings (SSSR count). The maximum absolute atomic E-state index is 9.81. The van der Waals surface area contributed by atoms with Gasteiger partial charge < -0.3 is 15.2 Å².